The summed E-state index contributed by atoms with van der Waals surface area (Å²) >= 11 is 0. The second kappa shape index (κ2) is 5.99. The van der Waals surface area contributed by atoms with Crippen molar-refractivity contribution in [2.45, 2.75) is 63.6 Å². The molecule has 0 saturated heterocycles. The standard InChI is InChI=1S/C13H28N2O/c1-5-11(2)15(3)13(10-14)8-6-7-12(9-13)16-4/h11-12H,5-10,14H2,1-4H3. The van der Waals surface area contributed by atoms with Crippen LogP contribution in [0.25, 0.3) is 0 Å². The van der Waals surface area contributed by atoms with E-state index in [4.69, 9.17) is 10.5 Å². The van der Waals surface area contributed by atoms with E-state index in [1.54, 1.807) is 0 Å². The van der Waals surface area contributed by atoms with Crippen molar-refractivity contribution in [3.63, 3.8) is 0 Å². The molecule has 1 aliphatic rings. The molecule has 96 valence electrons. The Morgan fingerprint density at radius 1 is 1.56 bits per heavy atom. The fourth-order valence-corrected chi connectivity index (χ4v) is 2.88. The van der Waals surface area contributed by atoms with Crippen molar-refractivity contribution in [3.8, 4) is 0 Å². The SMILES string of the molecule is CCC(C)N(C)C1(CN)CCCC(OC)C1. The van der Waals surface area contributed by atoms with E-state index < -0.39 is 0 Å². The average molecular weight is 228 g/mol. The first-order valence-electron chi connectivity index (χ1n) is 6.55. The second-order valence-electron chi connectivity index (χ2n) is 5.25. The number of ether oxygens (including phenoxy) is 1. The predicted molar refractivity (Wildman–Crippen MR) is 68.6 cm³/mol. The number of methoxy groups -OCH3 is 1. The van der Waals surface area contributed by atoms with Gasteiger partial charge in [-0.05, 0) is 46.1 Å². The molecule has 1 aliphatic carbocycles. The summed E-state index contributed by atoms with van der Waals surface area (Å²) in [5.74, 6) is 0. The van der Waals surface area contributed by atoms with Gasteiger partial charge in [0.1, 0.15) is 0 Å². The van der Waals surface area contributed by atoms with Crippen molar-refractivity contribution in [3.05, 3.63) is 0 Å². The van der Waals surface area contributed by atoms with Crippen LogP contribution >= 0.6 is 0 Å². The summed E-state index contributed by atoms with van der Waals surface area (Å²) in [6.07, 6.45) is 6.29. The van der Waals surface area contributed by atoms with E-state index in [1.165, 1.54) is 25.7 Å². The van der Waals surface area contributed by atoms with Crippen LogP contribution in [0.4, 0.5) is 0 Å². The Labute approximate surface area is 100 Å². The molecule has 3 atom stereocenters. The van der Waals surface area contributed by atoms with E-state index in [9.17, 15) is 0 Å². The van der Waals surface area contributed by atoms with Crippen LogP contribution in [0, 0.1) is 0 Å². The van der Waals surface area contributed by atoms with Crippen LogP contribution in [0.5, 0.6) is 0 Å². The van der Waals surface area contributed by atoms with Gasteiger partial charge >= 0.3 is 0 Å². The highest BCUT2D eigenvalue weighted by atomic mass is 16.5. The van der Waals surface area contributed by atoms with Crippen LogP contribution in [0.15, 0.2) is 0 Å². The lowest BCUT2D eigenvalue weighted by Crippen LogP contribution is -2.58. The van der Waals surface area contributed by atoms with Crippen LogP contribution in [0.3, 0.4) is 0 Å². The highest BCUT2D eigenvalue weighted by molar-refractivity contribution is 4.97. The minimum atomic E-state index is 0.161. The maximum absolute atomic E-state index is 6.05. The molecule has 0 heterocycles. The number of hydrogen-bond acceptors (Lipinski definition) is 3. The predicted octanol–water partition coefficient (Wildman–Crippen LogP) is 2.00. The van der Waals surface area contributed by atoms with Gasteiger partial charge in [0.05, 0.1) is 6.10 Å². The Hall–Kier alpha value is -0.120. The molecular formula is C13H28N2O. The van der Waals surface area contributed by atoms with E-state index in [2.05, 4.69) is 25.8 Å². The lowest BCUT2D eigenvalue weighted by atomic mass is 9.78. The van der Waals surface area contributed by atoms with E-state index >= 15 is 0 Å². The van der Waals surface area contributed by atoms with E-state index in [-0.39, 0.29) is 5.54 Å². The molecule has 3 unspecified atom stereocenters. The third-order valence-corrected chi connectivity index (χ3v) is 4.49. The molecule has 16 heavy (non-hydrogen) atoms. The van der Waals surface area contributed by atoms with E-state index in [0.29, 0.717) is 12.1 Å². The first kappa shape index (κ1) is 13.9. The van der Waals surface area contributed by atoms with Crippen molar-refractivity contribution in [2.75, 3.05) is 20.7 Å². The quantitative estimate of drug-likeness (QED) is 0.782. The first-order valence-corrected chi connectivity index (χ1v) is 6.55. The maximum atomic E-state index is 6.05. The van der Waals surface area contributed by atoms with Crippen LogP contribution < -0.4 is 5.73 Å². The Bertz CT molecular complexity index is 208. The van der Waals surface area contributed by atoms with Gasteiger partial charge in [0.15, 0.2) is 0 Å². The van der Waals surface area contributed by atoms with E-state index in [1.807, 2.05) is 7.11 Å². The number of nitrogens with zero attached hydrogens (tertiary/aromatic N) is 1. The summed E-state index contributed by atoms with van der Waals surface area (Å²) in [6.45, 7) is 5.27. The van der Waals surface area contributed by atoms with Crippen molar-refractivity contribution in [1.29, 1.82) is 0 Å². The smallest absolute Gasteiger partial charge is 0.0589 e. The number of nitrogens with two attached hydrogens (primary N) is 1. The van der Waals surface area contributed by atoms with Gasteiger partial charge in [0, 0.05) is 25.2 Å². The fraction of sp³-hybridized carbons (Fsp3) is 1.00. The number of likely N-dealkylation sites (N-methyl/N-ethyl adjacent to an activating group) is 1. The van der Waals surface area contributed by atoms with Gasteiger partial charge < -0.3 is 10.5 Å². The van der Waals surface area contributed by atoms with Gasteiger partial charge in [-0.25, -0.2) is 0 Å². The molecule has 2 N–H and O–H groups in total. The summed E-state index contributed by atoms with van der Waals surface area (Å²) in [5.41, 5.74) is 6.21. The molecule has 0 bridgehead atoms. The molecule has 1 rings (SSSR count). The lowest BCUT2D eigenvalue weighted by Gasteiger charge is -2.48. The molecule has 1 fully saturated rings. The third kappa shape index (κ3) is 2.76. The molecule has 3 heteroatoms. The summed E-state index contributed by atoms with van der Waals surface area (Å²) in [4.78, 5) is 2.48. The van der Waals surface area contributed by atoms with Crippen LogP contribution in [-0.4, -0.2) is 43.3 Å². The second-order valence-corrected chi connectivity index (χ2v) is 5.25. The van der Waals surface area contributed by atoms with Crippen molar-refractivity contribution in [2.24, 2.45) is 5.73 Å². The molecule has 0 aliphatic heterocycles. The Kier molecular flexibility index (Phi) is 5.22. The topological polar surface area (TPSA) is 38.5 Å². The largest absolute Gasteiger partial charge is 0.381 e. The maximum Gasteiger partial charge on any atom is 0.0589 e. The molecule has 0 amide bonds. The molecule has 1 saturated carbocycles. The number of rotatable bonds is 5. The fourth-order valence-electron chi connectivity index (χ4n) is 2.88. The summed E-state index contributed by atoms with van der Waals surface area (Å²) in [7, 11) is 4.04. The zero-order valence-corrected chi connectivity index (χ0v) is 11.3. The zero-order chi connectivity index (χ0) is 12.2. The monoisotopic (exact) mass is 228 g/mol. The molecule has 0 aromatic carbocycles. The van der Waals surface area contributed by atoms with Crippen LogP contribution in [0.1, 0.15) is 46.0 Å². The normalized spacial score (nSPS) is 33.0. The molecule has 0 aromatic rings. The highest BCUT2D eigenvalue weighted by Crippen LogP contribution is 2.34. The van der Waals surface area contributed by atoms with Crippen molar-refractivity contribution >= 4 is 0 Å². The summed E-state index contributed by atoms with van der Waals surface area (Å²) in [5, 5.41) is 0. The minimum absolute atomic E-state index is 0.161. The molecular weight excluding hydrogens is 200 g/mol. The summed E-state index contributed by atoms with van der Waals surface area (Å²) in [6, 6.07) is 0.596. The lowest BCUT2D eigenvalue weighted by molar-refractivity contribution is -0.0257. The molecule has 0 radical (unpaired) electrons. The van der Waals surface area contributed by atoms with Crippen LogP contribution in [-0.2, 0) is 4.74 Å². The third-order valence-electron chi connectivity index (χ3n) is 4.49. The molecule has 0 aromatic heterocycles. The van der Waals surface area contributed by atoms with Crippen LogP contribution in [0.2, 0.25) is 0 Å². The van der Waals surface area contributed by atoms with Gasteiger partial charge in [-0.2, -0.15) is 0 Å². The number of hydrogen-bond donors (Lipinski definition) is 1. The molecule has 0 spiro atoms. The average Bonchev–Trinajstić information content (AvgIpc) is 2.36. The summed E-state index contributed by atoms with van der Waals surface area (Å²) < 4.78 is 5.53. The Morgan fingerprint density at radius 3 is 2.75 bits per heavy atom. The van der Waals surface area contributed by atoms with Crippen molar-refractivity contribution in [1.82, 2.24) is 4.90 Å². The first-order chi connectivity index (χ1) is 7.59. The van der Waals surface area contributed by atoms with E-state index in [0.717, 1.165) is 13.0 Å². The van der Waals surface area contributed by atoms with Gasteiger partial charge in [-0.1, -0.05) is 6.92 Å². The minimum Gasteiger partial charge on any atom is -0.381 e. The highest BCUT2D eigenvalue weighted by Gasteiger charge is 2.39. The zero-order valence-electron chi connectivity index (χ0n) is 11.3. The van der Waals surface area contributed by atoms with Gasteiger partial charge in [0.2, 0.25) is 0 Å². The van der Waals surface area contributed by atoms with Gasteiger partial charge in [-0.3, -0.25) is 4.90 Å². The Morgan fingerprint density at radius 2 is 2.25 bits per heavy atom. The van der Waals surface area contributed by atoms with Gasteiger partial charge in [-0.15, -0.1) is 0 Å². The van der Waals surface area contributed by atoms with Gasteiger partial charge in [0.25, 0.3) is 0 Å². The van der Waals surface area contributed by atoms with Crippen molar-refractivity contribution < 1.29 is 4.74 Å². The molecule has 3 nitrogen and oxygen atoms in total. The Balaban J connectivity index is 2.75.